The second-order valence-corrected chi connectivity index (χ2v) is 4.77. The minimum absolute atomic E-state index is 0.174. The van der Waals surface area contributed by atoms with Crippen molar-refractivity contribution in [1.82, 2.24) is 10.2 Å². The van der Waals surface area contributed by atoms with E-state index in [1.54, 1.807) is 6.07 Å². The Kier molecular flexibility index (Phi) is 2.26. The summed E-state index contributed by atoms with van der Waals surface area (Å²) < 4.78 is 16.0. The number of nitrogens with zero attached hydrogens (tertiary/aromatic N) is 1. The molecule has 0 unspecified atom stereocenters. The fraction of sp³-hybridized carbons (Fsp3) is 0.286. The van der Waals surface area contributed by atoms with E-state index in [1.165, 1.54) is 0 Å². The van der Waals surface area contributed by atoms with Crippen LogP contribution in [0.5, 0.6) is 11.5 Å². The SMILES string of the molecule is CCCc1[nH]nc2oc(=O)c3cc4c(cc3c12)OCO4. The topological polar surface area (TPSA) is 77.4 Å². The number of nitrogens with one attached hydrogen (secondary N) is 1. The van der Waals surface area contributed by atoms with Crippen LogP contribution >= 0.6 is 0 Å². The van der Waals surface area contributed by atoms with Crippen LogP contribution in [0.1, 0.15) is 19.0 Å². The summed E-state index contributed by atoms with van der Waals surface area (Å²) in [6, 6.07) is 3.50. The average Bonchev–Trinajstić information content (AvgIpc) is 3.04. The molecule has 6 heteroatoms. The highest BCUT2D eigenvalue weighted by molar-refractivity contribution is 6.05. The van der Waals surface area contributed by atoms with Crippen LogP contribution < -0.4 is 15.1 Å². The Bertz CT molecular complexity index is 878. The molecule has 20 heavy (non-hydrogen) atoms. The molecule has 0 saturated heterocycles. The van der Waals surface area contributed by atoms with Crippen LogP contribution in [0.3, 0.4) is 0 Å². The molecule has 0 spiro atoms. The second-order valence-electron chi connectivity index (χ2n) is 4.77. The third kappa shape index (κ3) is 1.44. The van der Waals surface area contributed by atoms with Gasteiger partial charge in [-0.3, -0.25) is 5.10 Å². The first kappa shape index (κ1) is 11.3. The minimum Gasteiger partial charge on any atom is -0.454 e. The largest absolute Gasteiger partial charge is 0.454 e. The monoisotopic (exact) mass is 272 g/mol. The quantitative estimate of drug-likeness (QED) is 0.774. The lowest BCUT2D eigenvalue weighted by Gasteiger charge is -2.02. The summed E-state index contributed by atoms with van der Waals surface area (Å²) >= 11 is 0. The van der Waals surface area contributed by atoms with Gasteiger partial charge in [-0.15, -0.1) is 5.10 Å². The number of rotatable bonds is 2. The summed E-state index contributed by atoms with van der Waals surface area (Å²) in [4.78, 5) is 12.0. The van der Waals surface area contributed by atoms with Gasteiger partial charge < -0.3 is 13.9 Å². The molecule has 0 fully saturated rings. The van der Waals surface area contributed by atoms with Crippen molar-refractivity contribution in [3.63, 3.8) is 0 Å². The normalized spacial score (nSPS) is 13.4. The number of fused-ring (bicyclic) bond motifs is 4. The van der Waals surface area contributed by atoms with Gasteiger partial charge in [0.15, 0.2) is 11.5 Å². The Labute approximate surface area is 113 Å². The molecule has 102 valence electrons. The highest BCUT2D eigenvalue weighted by atomic mass is 16.7. The van der Waals surface area contributed by atoms with E-state index in [1.807, 2.05) is 6.07 Å². The molecule has 4 rings (SSSR count). The van der Waals surface area contributed by atoms with Crippen LogP contribution in [0, 0.1) is 0 Å². The van der Waals surface area contributed by atoms with Crippen molar-refractivity contribution in [3.05, 3.63) is 28.2 Å². The Morgan fingerprint density at radius 3 is 2.75 bits per heavy atom. The Morgan fingerprint density at radius 1 is 1.25 bits per heavy atom. The van der Waals surface area contributed by atoms with Crippen molar-refractivity contribution < 1.29 is 13.9 Å². The number of hydrogen-bond acceptors (Lipinski definition) is 5. The molecule has 6 nitrogen and oxygen atoms in total. The summed E-state index contributed by atoms with van der Waals surface area (Å²) in [7, 11) is 0. The molecule has 0 saturated carbocycles. The van der Waals surface area contributed by atoms with Crippen LogP contribution in [0.2, 0.25) is 0 Å². The molecule has 3 aromatic rings. The minimum atomic E-state index is -0.416. The maximum absolute atomic E-state index is 12.0. The van der Waals surface area contributed by atoms with Gasteiger partial charge >= 0.3 is 5.63 Å². The third-order valence-electron chi connectivity index (χ3n) is 3.50. The molecule has 0 aliphatic carbocycles. The number of benzene rings is 1. The van der Waals surface area contributed by atoms with E-state index in [4.69, 9.17) is 13.9 Å². The van der Waals surface area contributed by atoms with Crippen LogP contribution in [0.15, 0.2) is 21.3 Å². The fourth-order valence-corrected chi connectivity index (χ4v) is 2.60. The molecule has 2 aromatic heterocycles. The van der Waals surface area contributed by atoms with Gasteiger partial charge in [-0.25, -0.2) is 4.79 Å². The van der Waals surface area contributed by atoms with Crippen molar-refractivity contribution in [1.29, 1.82) is 0 Å². The van der Waals surface area contributed by atoms with E-state index in [0.29, 0.717) is 22.6 Å². The number of ether oxygens (including phenoxy) is 2. The Morgan fingerprint density at radius 2 is 2.00 bits per heavy atom. The molecule has 0 bridgehead atoms. The Balaban J connectivity index is 2.16. The average molecular weight is 272 g/mol. The van der Waals surface area contributed by atoms with Crippen molar-refractivity contribution in [2.75, 3.05) is 6.79 Å². The summed E-state index contributed by atoms with van der Waals surface area (Å²) in [5.41, 5.74) is 0.889. The lowest BCUT2D eigenvalue weighted by Crippen LogP contribution is -2.00. The lowest BCUT2D eigenvalue weighted by atomic mass is 10.1. The maximum atomic E-state index is 12.0. The van der Waals surface area contributed by atoms with E-state index in [2.05, 4.69) is 17.1 Å². The van der Waals surface area contributed by atoms with Gasteiger partial charge in [0.1, 0.15) is 0 Å². The molecule has 3 heterocycles. The number of H-pyrrole nitrogens is 1. The van der Waals surface area contributed by atoms with Crippen LogP contribution in [-0.4, -0.2) is 17.0 Å². The summed E-state index contributed by atoms with van der Waals surface area (Å²) in [5, 5.41) is 9.15. The van der Waals surface area contributed by atoms with Crippen LogP contribution in [-0.2, 0) is 6.42 Å². The molecule has 0 atom stereocenters. The predicted molar refractivity (Wildman–Crippen MR) is 72.3 cm³/mol. The van der Waals surface area contributed by atoms with Crippen LogP contribution in [0.25, 0.3) is 21.9 Å². The standard InChI is InChI=1S/C14H12N2O4/c1-2-3-9-12-7-4-10-11(19-6-18-10)5-8(7)14(17)20-13(12)16-15-9/h4-5H,2-3,6H2,1H3,(H,15,16). The molecular weight excluding hydrogens is 260 g/mol. The zero-order chi connectivity index (χ0) is 13.7. The van der Waals surface area contributed by atoms with Crippen molar-refractivity contribution in [3.8, 4) is 11.5 Å². The van der Waals surface area contributed by atoms with Gasteiger partial charge in [0, 0.05) is 11.1 Å². The maximum Gasteiger partial charge on any atom is 0.345 e. The smallest absolute Gasteiger partial charge is 0.345 e. The van der Waals surface area contributed by atoms with Gasteiger partial charge in [0.25, 0.3) is 0 Å². The first-order valence-electron chi connectivity index (χ1n) is 6.51. The zero-order valence-corrected chi connectivity index (χ0v) is 10.9. The second kappa shape index (κ2) is 4.00. The number of aryl methyl sites for hydroxylation is 1. The molecule has 1 aromatic carbocycles. The van der Waals surface area contributed by atoms with Crippen molar-refractivity contribution in [2.24, 2.45) is 0 Å². The highest BCUT2D eigenvalue weighted by Gasteiger charge is 2.20. The first-order valence-corrected chi connectivity index (χ1v) is 6.51. The summed E-state index contributed by atoms with van der Waals surface area (Å²) in [5.74, 6) is 1.22. The predicted octanol–water partition coefficient (Wildman–Crippen LogP) is 2.35. The molecule has 0 amide bonds. The van der Waals surface area contributed by atoms with Gasteiger partial charge in [-0.1, -0.05) is 13.3 Å². The van der Waals surface area contributed by atoms with Gasteiger partial charge in [-0.05, 0) is 18.6 Å². The third-order valence-corrected chi connectivity index (χ3v) is 3.50. The van der Waals surface area contributed by atoms with E-state index < -0.39 is 5.63 Å². The van der Waals surface area contributed by atoms with E-state index >= 15 is 0 Å². The lowest BCUT2D eigenvalue weighted by molar-refractivity contribution is 0.174. The van der Waals surface area contributed by atoms with Gasteiger partial charge in [-0.2, -0.15) is 0 Å². The molecule has 1 aliphatic heterocycles. The number of aromatic amines is 1. The zero-order valence-electron chi connectivity index (χ0n) is 10.9. The number of aromatic nitrogens is 2. The van der Waals surface area contributed by atoms with Crippen LogP contribution in [0.4, 0.5) is 0 Å². The molecule has 1 aliphatic rings. The van der Waals surface area contributed by atoms with Crippen molar-refractivity contribution in [2.45, 2.75) is 19.8 Å². The summed E-state index contributed by atoms with van der Waals surface area (Å²) in [6.07, 6.45) is 1.82. The van der Waals surface area contributed by atoms with Gasteiger partial charge in [0.05, 0.1) is 10.8 Å². The van der Waals surface area contributed by atoms with E-state index in [0.717, 1.165) is 29.3 Å². The van der Waals surface area contributed by atoms with E-state index in [9.17, 15) is 4.79 Å². The molecular formula is C14H12N2O4. The van der Waals surface area contributed by atoms with Crippen molar-refractivity contribution >= 4 is 21.9 Å². The summed E-state index contributed by atoms with van der Waals surface area (Å²) in [6.45, 7) is 2.26. The highest BCUT2D eigenvalue weighted by Crippen LogP contribution is 2.37. The van der Waals surface area contributed by atoms with E-state index in [-0.39, 0.29) is 6.79 Å². The van der Waals surface area contributed by atoms with Gasteiger partial charge in [0.2, 0.25) is 12.5 Å². The fourth-order valence-electron chi connectivity index (χ4n) is 2.60. The Hall–Kier alpha value is -2.50. The first-order chi connectivity index (χ1) is 9.78. The number of hydrogen-bond donors (Lipinski definition) is 1. The molecule has 1 N–H and O–H groups in total. The molecule has 0 radical (unpaired) electrons.